The number of hydrogen-bond donors (Lipinski definition) is 0. The van der Waals surface area contributed by atoms with Crippen LogP contribution in [0.5, 0.6) is 0 Å². The summed E-state index contributed by atoms with van der Waals surface area (Å²) in [5, 5.41) is 0. The molecular weight excluding hydrogens is 194 g/mol. The van der Waals surface area contributed by atoms with E-state index in [1.54, 1.807) is 0 Å². The molecule has 0 N–H and O–H groups in total. The van der Waals surface area contributed by atoms with Crippen LogP contribution in [0, 0.1) is 0 Å². The lowest BCUT2D eigenvalue weighted by molar-refractivity contribution is 0.578. The summed E-state index contributed by atoms with van der Waals surface area (Å²) in [4.78, 5) is 2.47. The molecule has 1 aromatic carbocycles. The standard InChI is InChI=1S/C13H17N.C2H6/c1-2-12-6-8-13(9-7-12)14-10-4-3-5-11-14;1-2/h2,6-9H,1,3-5,10-11H2;1-2H3. The van der Waals surface area contributed by atoms with Gasteiger partial charge in [0.15, 0.2) is 0 Å². The second kappa shape index (κ2) is 7.10. The highest BCUT2D eigenvalue weighted by atomic mass is 15.1. The Hall–Kier alpha value is -1.24. The first-order valence-corrected chi connectivity index (χ1v) is 6.37. The van der Waals surface area contributed by atoms with E-state index in [0.29, 0.717) is 0 Å². The van der Waals surface area contributed by atoms with Crippen molar-refractivity contribution >= 4 is 11.8 Å². The van der Waals surface area contributed by atoms with Gasteiger partial charge in [-0.3, -0.25) is 0 Å². The molecule has 2 rings (SSSR count). The molecule has 1 heterocycles. The summed E-state index contributed by atoms with van der Waals surface area (Å²) in [5.41, 5.74) is 2.56. The van der Waals surface area contributed by atoms with Crippen LogP contribution in [-0.4, -0.2) is 13.1 Å². The van der Waals surface area contributed by atoms with Crippen molar-refractivity contribution < 1.29 is 0 Å². The van der Waals surface area contributed by atoms with Crippen LogP contribution < -0.4 is 4.90 Å². The van der Waals surface area contributed by atoms with Crippen LogP contribution in [0.3, 0.4) is 0 Å². The summed E-state index contributed by atoms with van der Waals surface area (Å²) in [5.74, 6) is 0. The van der Waals surface area contributed by atoms with Crippen molar-refractivity contribution in [2.45, 2.75) is 33.1 Å². The molecule has 1 saturated heterocycles. The summed E-state index contributed by atoms with van der Waals surface area (Å²) in [6, 6.07) is 8.67. The largest absolute Gasteiger partial charge is 0.372 e. The SMILES string of the molecule is C=Cc1ccc(N2CCCCC2)cc1.CC. The highest BCUT2D eigenvalue weighted by Crippen LogP contribution is 2.20. The van der Waals surface area contributed by atoms with Gasteiger partial charge in [0, 0.05) is 18.8 Å². The van der Waals surface area contributed by atoms with E-state index in [1.807, 2.05) is 19.9 Å². The highest BCUT2D eigenvalue weighted by molar-refractivity contribution is 5.54. The van der Waals surface area contributed by atoms with Gasteiger partial charge >= 0.3 is 0 Å². The average Bonchev–Trinajstić information content (AvgIpc) is 2.42. The van der Waals surface area contributed by atoms with Crippen LogP contribution in [0.2, 0.25) is 0 Å². The minimum Gasteiger partial charge on any atom is -0.372 e. The predicted molar refractivity (Wildman–Crippen MR) is 73.9 cm³/mol. The van der Waals surface area contributed by atoms with Gasteiger partial charge in [0.25, 0.3) is 0 Å². The molecule has 1 aromatic rings. The van der Waals surface area contributed by atoms with E-state index in [-0.39, 0.29) is 0 Å². The van der Waals surface area contributed by atoms with Gasteiger partial charge in [-0.1, -0.05) is 38.6 Å². The topological polar surface area (TPSA) is 3.24 Å². The highest BCUT2D eigenvalue weighted by Gasteiger charge is 2.09. The Morgan fingerprint density at radius 2 is 1.56 bits per heavy atom. The Bertz CT molecular complexity index is 294. The fourth-order valence-corrected chi connectivity index (χ4v) is 1.97. The normalized spacial score (nSPS) is 15.0. The van der Waals surface area contributed by atoms with Crippen molar-refractivity contribution in [3.8, 4) is 0 Å². The van der Waals surface area contributed by atoms with Crippen LogP contribution in [-0.2, 0) is 0 Å². The van der Waals surface area contributed by atoms with E-state index in [4.69, 9.17) is 0 Å². The first-order chi connectivity index (χ1) is 7.90. The number of nitrogens with zero attached hydrogens (tertiary/aromatic N) is 1. The number of anilines is 1. The third kappa shape index (κ3) is 3.41. The Morgan fingerprint density at radius 3 is 2.06 bits per heavy atom. The third-order valence-electron chi connectivity index (χ3n) is 2.85. The van der Waals surface area contributed by atoms with Crippen molar-refractivity contribution in [1.29, 1.82) is 0 Å². The Balaban J connectivity index is 0.000000606. The van der Waals surface area contributed by atoms with Crippen molar-refractivity contribution in [3.63, 3.8) is 0 Å². The maximum Gasteiger partial charge on any atom is 0.0366 e. The lowest BCUT2D eigenvalue weighted by Crippen LogP contribution is -2.29. The van der Waals surface area contributed by atoms with Crippen molar-refractivity contribution in [2.75, 3.05) is 18.0 Å². The zero-order valence-electron chi connectivity index (χ0n) is 10.6. The summed E-state index contributed by atoms with van der Waals surface area (Å²) in [7, 11) is 0. The first-order valence-electron chi connectivity index (χ1n) is 6.37. The van der Waals surface area contributed by atoms with Gasteiger partial charge in [-0.2, -0.15) is 0 Å². The molecule has 1 heteroatoms. The third-order valence-corrected chi connectivity index (χ3v) is 2.85. The van der Waals surface area contributed by atoms with Crippen LogP contribution in [0.4, 0.5) is 5.69 Å². The molecule has 1 fully saturated rings. The zero-order chi connectivity index (χ0) is 11.8. The number of hydrogen-bond acceptors (Lipinski definition) is 1. The fourth-order valence-electron chi connectivity index (χ4n) is 1.97. The van der Waals surface area contributed by atoms with Gasteiger partial charge in [0.1, 0.15) is 0 Å². The smallest absolute Gasteiger partial charge is 0.0366 e. The molecule has 1 aliphatic rings. The van der Waals surface area contributed by atoms with E-state index in [2.05, 4.69) is 35.7 Å². The molecule has 1 aliphatic heterocycles. The minimum atomic E-state index is 1.20. The van der Waals surface area contributed by atoms with Crippen molar-refractivity contribution in [1.82, 2.24) is 0 Å². The van der Waals surface area contributed by atoms with E-state index in [0.717, 1.165) is 0 Å². The van der Waals surface area contributed by atoms with E-state index in [9.17, 15) is 0 Å². The van der Waals surface area contributed by atoms with Gasteiger partial charge in [-0.05, 0) is 37.0 Å². The van der Waals surface area contributed by atoms with E-state index >= 15 is 0 Å². The van der Waals surface area contributed by atoms with Crippen molar-refractivity contribution in [3.05, 3.63) is 36.4 Å². The van der Waals surface area contributed by atoms with E-state index < -0.39 is 0 Å². The molecule has 0 aliphatic carbocycles. The molecule has 0 amide bonds. The summed E-state index contributed by atoms with van der Waals surface area (Å²) < 4.78 is 0. The lowest BCUT2D eigenvalue weighted by Gasteiger charge is -2.28. The van der Waals surface area contributed by atoms with Gasteiger partial charge in [0.05, 0.1) is 0 Å². The lowest BCUT2D eigenvalue weighted by atomic mass is 10.1. The molecular formula is C15H23N. The summed E-state index contributed by atoms with van der Waals surface area (Å²) in [6.07, 6.45) is 5.95. The molecule has 0 unspecified atom stereocenters. The molecule has 0 aromatic heterocycles. The maximum absolute atomic E-state index is 3.76. The molecule has 16 heavy (non-hydrogen) atoms. The van der Waals surface area contributed by atoms with Crippen LogP contribution >= 0.6 is 0 Å². The first kappa shape index (κ1) is 12.8. The van der Waals surface area contributed by atoms with Gasteiger partial charge in [-0.25, -0.2) is 0 Å². The van der Waals surface area contributed by atoms with Gasteiger partial charge in [0.2, 0.25) is 0 Å². The molecule has 0 spiro atoms. The zero-order valence-corrected chi connectivity index (χ0v) is 10.6. The molecule has 1 nitrogen and oxygen atoms in total. The van der Waals surface area contributed by atoms with Crippen LogP contribution in [0.15, 0.2) is 30.8 Å². The summed E-state index contributed by atoms with van der Waals surface area (Å²) >= 11 is 0. The maximum atomic E-state index is 3.76. The quantitative estimate of drug-likeness (QED) is 0.712. The molecule has 0 radical (unpaired) electrons. The number of rotatable bonds is 2. The Labute approximate surface area is 99.8 Å². The van der Waals surface area contributed by atoms with Gasteiger partial charge in [-0.15, -0.1) is 0 Å². The van der Waals surface area contributed by atoms with Crippen molar-refractivity contribution in [2.24, 2.45) is 0 Å². The fraction of sp³-hybridized carbons (Fsp3) is 0.467. The minimum absolute atomic E-state index is 1.20. The number of benzene rings is 1. The monoisotopic (exact) mass is 217 g/mol. The summed E-state index contributed by atoms with van der Waals surface area (Å²) in [6.45, 7) is 10.2. The number of piperidine rings is 1. The molecule has 0 saturated carbocycles. The molecule has 88 valence electrons. The predicted octanol–water partition coefficient (Wildman–Crippen LogP) is 4.35. The molecule has 0 atom stereocenters. The second-order valence-electron chi connectivity index (χ2n) is 3.84. The van der Waals surface area contributed by atoms with Gasteiger partial charge < -0.3 is 4.90 Å². The second-order valence-corrected chi connectivity index (χ2v) is 3.84. The Kier molecular flexibility index (Phi) is 5.69. The van der Waals surface area contributed by atoms with Crippen LogP contribution in [0.1, 0.15) is 38.7 Å². The Morgan fingerprint density at radius 1 is 1.00 bits per heavy atom. The average molecular weight is 217 g/mol. The van der Waals surface area contributed by atoms with E-state index in [1.165, 1.54) is 43.6 Å². The van der Waals surface area contributed by atoms with Crippen LogP contribution in [0.25, 0.3) is 6.08 Å². The molecule has 0 bridgehead atoms.